The molecule has 0 radical (unpaired) electrons. The van der Waals surface area contributed by atoms with Gasteiger partial charge in [-0.3, -0.25) is 29.4 Å². The summed E-state index contributed by atoms with van der Waals surface area (Å²) in [5.74, 6) is -18.4. The van der Waals surface area contributed by atoms with Crippen molar-refractivity contribution in [3.63, 3.8) is 0 Å². The Morgan fingerprint density at radius 1 is 0.188 bits per heavy atom. The normalized spacial score (nSPS) is 10.0. The number of rotatable bonds is 33. The number of carboxylic acids is 12. The van der Waals surface area contributed by atoms with Gasteiger partial charge < -0.3 is 119 Å². The third-order valence-corrected chi connectivity index (χ3v) is 6.43. The van der Waals surface area contributed by atoms with E-state index in [0.717, 1.165) is 29.4 Å². The van der Waals surface area contributed by atoms with E-state index in [-0.39, 0.29) is 129 Å². The maximum atomic E-state index is 10.4. The second-order valence-corrected chi connectivity index (χ2v) is 11.7. The van der Waals surface area contributed by atoms with Crippen LogP contribution in [0, 0.1) is 0 Å². The monoisotopic (exact) mass is 1650 g/mol. The fourth-order valence-corrected chi connectivity index (χ4v) is 4.32. The minimum absolute atomic E-state index is 0. The average Bonchev–Trinajstić information content (AvgIpc) is 3.02. The number of carboxylic acid groups (broad SMARTS) is 12. The minimum Gasteiger partial charge on any atom is -0.549 e. The van der Waals surface area contributed by atoms with Crippen LogP contribution < -0.4 is 61.3 Å². The molecule has 0 saturated heterocycles. The molecule has 0 rings (SSSR count). The second-order valence-electron chi connectivity index (χ2n) is 11.7. The number of hydrogen-bond acceptors (Lipinski definition) is 30. The molecule has 0 heterocycles. The van der Waals surface area contributed by atoms with Crippen LogP contribution in [0.5, 0.6) is 0 Å². The fraction of sp³-hybridized carbons (Fsp3) is 0.600. The molecule has 0 N–H and O–H groups in total. The zero-order valence-corrected chi connectivity index (χ0v) is 41.1. The summed E-state index contributed by atoms with van der Waals surface area (Å²) in [5, 5.41) is 125. The molecule has 0 fully saturated rings. The molecule has 0 aromatic rings. The Balaban J connectivity index is -0.000000148. The largest absolute Gasteiger partial charge is 3.00 e. The summed E-state index contributed by atoms with van der Waals surface area (Å²) in [4.78, 5) is 130. The molecule has 0 aliphatic rings. The van der Waals surface area contributed by atoms with Gasteiger partial charge in [0.15, 0.2) is 0 Å². The van der Waals surface area contributed by atoms with Crippen LogP contribution in [0.1, 0.15) is 0 Å². The summed E-state index contributed by atoms with van der Waals surface area (Å²) < 4.78 is 0. The molecule has 0 bridgehead atoms. The molecule has 0 spiro atoms. The number of hydrogen-bond donors (Lipinski definition) is 0. The van der Waals surface area contributed by atoms with E-state index in [4.69, 9.17) is 0 Å². The maximum Gasteiger partial charge on any atom is 3.00 e. The topological polar surface area (TPSA) is 501 Å². The van der Waals surface area contributed by atoms with Gasteiger partial charge in [0.05, 0.1) is 71.6 Å². The van der Waals surface area contributed by atoms with Crippen molar-refractivity contribution in [2.45, 2.75) is 0 Å². The number of carbonyl (C=O) groups is 12. The summed E-state index contributed by atoms with van der Waals surface area (Å²) in [6, 6.07) is 0. The van der Waals surface area contributed by atoms with Crippen molar-refractivity contribution < 1.29 is 208 Å². The van der Waals surface area contributed by atoms with E-state index < -0.39 is 150 Å². The Hall–Kier alpha value is -3.64. The first-order valence-corrected chi connectivity index (χ1v) is 16.3. The minimum atomic E-state index is -1.53. The quantitative estimate of drug-likeness (QED) is 0.0551. The van der Waals surface area contributed by atoms with Crippen LogP contribution in [0.25, 0.3) is 0 Å². The molecule has 0 saturated carbocycles. The first kappa shape index (κ1) is 74.7. The Morgan fingerprint density at radius 3 is 0.297 bits per heavy atom. The fourth-order valence-electron chi connectivity index (χ4n) is 4.32. The van der Waals surface area contributed by atoms with E-state index in [9.17, 15) is 119 Å². The summed E-state index contributed by atoms with van der Waals surface area (Å²) in [6.07, 6.45) is 0. The molecule has 0 aromatic heterocycles. The number of aliphatic carboxylic acids is 12. The Bertz CT molecular complexity index is 1140. The Morgan fingerprint density at radius 2 is 0.250 bits per heavy atom. The van der Waals surface area contributed by atoms with Crippen LogP contribution in [0.2, 0.25) is 0 Å². The molecule has 64 heavy (non-hydrogen) atoms. The van der Waals surface area contributed by atoms with Gasteiger partial charge in [-0.15, -0.1) is 0 Å². The van der Waals surface area contributed by atoms with Gasteiger partial charge in [0.1, 0.15) is 0 Å². The molecular weight excluding hydrogens is 1620 g/mol. The summed E-state index contributed by atoms with van der Waals surface area (Å²) in [7, 11) is 0. The Kier molecular flexibility index (Phi) is 50.5. The van der Waals surface area contributed by atoms with E-state index in [1.54, 1.807) is 0 Å². The van der Waals surface area contributed by atoms with Crippen molar-refractivity contribution in [3.8, 4) is 0 Å². The van der Waals surface area contributed by atoms with Gasteiger partial charge in [-0.2, -0.15) is 0 Å². The van der Waals surface area contributed by atoms with Gasteiger partial charge in [-0.05, 0) is 0 Å². The first-order valence-electron chi connectivity index (χ1n) is 16.3. The van der Waals surface area contributed by atoms with Crippen LogP contribution in [0.15, 0.2) is 0 Å². The van der Waals surface area contributed by atoms with Crippen LogP contribution >= 0.6 is 0 Å². The molecule has 34 heteroatoms. The van der Waals surface area contributed by atoms with Crippen molar-refractivity contribution in [2.75, 3.05) is 118 Å². The van der Waals surface area contributed by atoms with E-state index in [1.807, 2.05) is 0 Å². The molecule has 0 aromatic carbocycles. The predicted octanol–water partition coefficient (Wildman–Crippen LogP) is -22.2. The van der Waals surface area contributed by atoms with Crippen molar-refractivity contribution >= 4 is 71.6 Å². The SMILES string of the molecule is O=C([O-])CN(CCN(CC(=O)[O-])CC(=O)[O-])CC(=O)[O-].O=C([O-])CN(CCN(CC(=O)[O-])CC(=O)[O-])CC(=O)[O-].O=C([O-])CN(CCN(CC(=O)[O-])CC(=O)[O-])CC(=O)[O-].[Au+3].[Au+3].[Au+3].[Au+3]. The van der Waals surface area contributed by atoms with E-state index in [1.165, 1.54) is 0 Å². The molecule has 0 unspecified atom stereocenters. The summed E-state index contributed by atoms with van der Waals surface area (Å²) in [5.41, 5.74) is 0. The predicted molar refractivity (Wildman–Crippen MR) is 159 cm³/mol. The summed E-state index contributed by atoms with van der Waals surface area (Å²) in [6.45, 7) is -9.75. The molecule has 0 amide bonds. The second kappa shape index (κ2) is 43.3. The number of nitrogens with zero attached hydrogens (tertiary/aromatic N) is 6. The smallest absolute Gasteiger partial charge is 0.549 e. The average molecular weight is 1650 g/mol. The summed E-state index contributed by atoms with van der Waals surface area (Å²) >= 11 is 0. The zero-order valence-electron chi connectivity index (χ0n) is 32.4. The van der Waals surface area contributed by atoms with Crippen molar-refractivity contribution in [1.29, 1.82) is 0 Å². The molecular formula is C30H36Au4N6O24. The Labute approximate surface area is 424 Å². The van der Waals surface area contributed by atoms with Gasteiger partial charge in [0.25, 0.3) is 0 Å². The van der Waals surface area contributed by atoms with E-state index in [2.05, 4.69) is 0 Å². The van der Waals surface area contributed by atoms with Crippen molar-refractivity contribution in [3.05, 3.63) is 0 Å². The van der Waals surface area contributed by atoms with Gasteiger partial charge >= 0.3 is 89.5 Å². The van der Waals surface area contributed by atoms with Gasteiger partial charge in [0.2, 0.25) is 0 Å². The van der Waals surface area contributed by atoms with Gasteiger partial charge in [0, 0.05) is 118 Å². The zero-order chi connectivity index (χ0) is 47.1. The van der Waals surface area contributed by atoms with E-state index in [0.29, 0.717) is 0 Å². The third kappa shape index (κ3) is 54.5. The van der Waals surface area contributed by atoms with Gasteiger partial charge in [-0.1, -0.05) is 0 Å². The van der Waals surface area contributed by atoms with E-state index >= 15 is 0 Å². The van der Waals surface area contributed by atoms with Crippen LogP contribution in [-0.4, -0.2) is 219 Å². The van der Waals surface area contributed by atoms with Crippen LogP contribution in [0.3, 0.4) is 0 Å². The molecule has 0 aliphatic heterocycles. The molecule has 30 nitrogen and oxygen atoms in total. The molecule has 0 atom stereocenters. The third-order valence-electron chi connectivity index (χ3n) is 6.43. The number of carbonyl (C=O) groups excluding carboxylic acids is 12. The van der Waals surface area contributed by atoms with Crippen molar-refractivity contribution in [1.82, 2.24) is 29.4 Å². The van der Waals surface area contributed by atoms with Crippen LogP contribution in [-0.2, 0) is 147 Å². The van der Waals surface area contributed by atoms with Crippen molar-refractivity contribution in [2.24, 2.45) is 0 Å². The van der Waals surface area contributed by atoms with Gasteiger partial charge in [-0.25, -0.2) is 0 Å². The molecule has 0 aliphatic carbocycles. The first-order chi connectivity index (χ1) is 27.6. The molecule has 374 valence electrons. The van der Waals surface area contributed by atoms with Crippen LogP contribution in [0.4, 0.5) is 0 Å². The maximum absolute atomic E-state index is 10.4. The standard InChI is InChI=1S/3C10H16N2O8.4Au/c3*13-7(14)3-11(4-8(15)16)1-2-12(5-9(17)18)6-10(19)20;;;;/h3*1-6H2,(H,13,14)(H,15,16)(H,17,18)(H,19,20);;;;/q;;;4*+3/p-12.